The van der Waals surface area contributed by atoms with E-state index < -0.39 is 0 Å². The van der Waals surface area contributed by atoms with Gasteiger partial charge in [-0.1, -0.05) is 18.7 Å². The first kappa shape index (κ1) is 11.5. The Morgan fingerprint density at radius 2 is 2.29 bits per heavy atom. The van der Waals surface area contributed by atoms with Crippen LogP contribution in [0.25, 0.3) is 0 Å². The number of aromatic nitrogens is 3. The van der Waals surface area contributed by atoms with Crippen molar-refractivity contribution in [2.45, 2.75) is 43.6 Å². The van der Waals surface area contributed by atoms with E-state index in [9.17, 15) is 0 Å². The fraction of sp³-hybridized carbons (Fsp3) is 0.778. The SMILES string of the molecule is CC(CNC(C)(C)C)Sc1ncn[nH]1. The molecule has 1 aromatic rings. The Morgan fingerprint density at radius 1 is 1.57 bits per heavy atom. The summed E-state index contributed by atoms with van der Waals surface area (Å²) >= 11 is 1.70. The lowest BCUT2D eigenvalue weighted by atomic mass is 10.1. The van der Waals surface area contributed by atoms with Crippen molar-refractivity contribution in [3.8, 4) is 0 Å². The molecule has 0 bridgehead atoms. The number of hydrogen-bond acceptors (Lipinski definition) is 4. The summed E-state index contributed by atoms with van der Waals surface area (Å²) in [6, 6.07) is 0. The smallest absolute Gasteiger partial charge is 0.183 e. The van der Waals surface area contributed by atoms with Gasteiger partial charge in [-0.25, -0.2) is 4.98 Å². The lowest BCUT2D eigenvalue weighted by molar-refractivity contribution is 0.429. The summed E-state index contributed by atoms with van der Waals surface area (Å²) < 4.78 is 0. The molecule has 1 atom stereocenters. The van der Waals surface area contributed by atoms with Gasteiger partial charge in [-0.05, 0) is 20.8 Å². The fourth-order valence-corrected chi connectivity index (χ4v) is 1.69. The highest BCUT2D eigenvalue weighted by Gasteiger charge is 2.12. The average Bonchev–Trinajstić information content (AvgIpc) is 2.52. The molecule has 0 aromatic carbocycles. The second-order valence-electron chi connectivity index (χ2n) is 4.35. The first-order chi connectivity index (χ1) is 6.47. The summed E-state index contributed by atoms with van der Waals surface area (Å²) in [6.45, 7) is 9.64. The second kappa shape index (κ2) is 4.79. The molecule has 0 aliphatic heterocycles. The van der Waals surface area contributed by atoms with Gasteiger partial charge in [0.25, 0.3) is 0 Å². The summed E-state index contributed by atoms with van der Waals surface area (Å²) in [5, 5.41) is 11.5. The van der Waals surface area contributed by atoms with E-state index in [2.05, 4.69) is 48.2 Å². The van der Waals surface area contributed by atoms with Crippen LogP contribution in [0.2, 0.25) is 0 Å². The Kier molecular flexibility index (Phi) is 3.95. The maximum Gasteiger partial charge on any atom is 0.183 e. The summed E-state index contributed by atoms with van der Waals surface area (Å²) in [6.07, 6.45) is 1.53. The van der Waals surface area contributed by atoms with Crippen molar-refractivity contribution in [2.24, 2.45) is 0 Å². The highest BCUT2D eigenvalue weighted by atomic mass is 32.2. The summed E-state index contributed by atoms with van der Waals surface area (Å²) in [5.41, 5.74) is 0.177. The summed E-state index contributed by atoms with van der Waals surface area (Å²) in [5.74, 6) is 0. The van der Waals surface area contributed by atoms with Gasteiger partial charge in [0, 0.05) is 17.3 Å². The third-order valence-electron chi connectivity index (χ3n) is 1.63. The monoisotopic (exact) mass is 214 g/mol. The van der Waals surface area contributed by atoms with E-state index in [0.717, 1.165) is 11.7 Å². The van der Waals surface area contributed by atoms with Gasteiger partial charge < -0.3 is 5.32 Å². The lowest BCUT2D eigenvalue weighted by Crippen LogP contribution is -2.39. The third kappa shape index (κ3) is 4.62. The Morgan fingerprint density at radius 3 is 2.79 bits per heavy atom. The molecule has 1 rings (SSSR count). The van der Waals surface area contributed by atoms with Crippen molar-refractivity contribution in [3.05, 3.63) is 6.33 Å². The molecular weight excluding hydrogens is 196 g/mol. The Labute approximate surface area is 89.3 Å². The van der Waals surface area contributed by atoms with E-state index in [0.29, 0.717) is 5.25 Å². The van der Waals surface area contributed by atoms with Gasteiger partial charge in [0.15, 0.2) is 5.16 Å². The van der Waals surface area contributed by atoms with Crippen LogP contribution in [0.3, 0.4) is 0 Å². The maximum atomic E-state index is 4.07. The van der Waals surface area contributed by atoms with Gasteiger partial charge >= 0.3 is 0 Å². The standard InChI is InChI=1S/C9H18N4S/c1-7(5-11-9(2,3)4)14-8-10-6-12-13-8/h6-7,11H,5H2,1-4H3,(H,10,12,13). The van der Waals surface area contributed by atoms with Crippen molar-refractivity contribution in [1.29, 1.82) is 0 Å². The molecule has 0 aliphatic rings. The molecule has 5 heteroatoms. The molecular formula is C9H18N4S. The van der Waals surface area contributed by atoms with Crippen molar-refractivity contribution in [2.75, 3.05) is 6.54 Å². The van der Waals surface area contributed by atoms with Crippen LogP contribution in [0, 0.1) is 0 Å². The molecule has 0 fully saturated rings. The van der Waals surface area contributed by atoms with Gasteiger partial charge in [0.2, 0.25) is 0 Å². The van der Waals surface area contributed by atoms with E-state index >= 15 is 0 Å². The van der Waals surface area contributed by atoms with Crippen molar-refractivity contribution < 1.29 is 0 Å². The number of H-pyrrole nitrogens is 1. The summed E-state index contributed by atoms with van der Waals surface area (Å²) in [4.78, 5) is 4.07. The molecule has 1 heterocycles. The first-order valence-corrected chi connectivity index (χ1v) is 5.62. The zero-order valence-corrected chi connectivity index (χ0v) is 9.98. The van der Waals surface area contributed by atoms with Crippen LogP contribution >= 0.6 is 11.8 Å². The minimum atomic E-state index is 0.177. The topological polar surface area (TPSA) is 53.6 Å². The van der Waals surface area contributed by atoms with E-state index in [1.54, 1.807) is 11.8 Å². The van der Waals surface area contributed by atoms with Crippen molar-refractivity contribution in [3.63, 3.8) is 0 Å². The van der Waals surface area contributed by atoms with Gasteiger partial charge in [0.1, 0.15) is 6.33 Å². The fourth-order valence-electron chi connectivity index (χ4n) is 0.933. The molecule has 0 radical (unpaired) electrons. The van der Waals surface area contributed by atoms with Crippen LogP contribution in [0.15, 0.2) is 11.5 Å². The minimum Gasteiger partial charge on any atom is -0.311 e. The number of nitrogens with zero attached hydrogens (tertiary/aromatic N) is 2. The van der Waals surface area contributed by atoms with E-state index in [1.807, 2.05) is 0 Å². The number of rotatable bonds is 4. The normalized spacial score (nSPS) is 14.3. The average molecular weight is 214 g/mol. The number of thioether (sulfide) groups is 1. The first-order valence-electron chi connectivity index (χ1n) is 4.74. The highest BCUT2D eigenvalue weighted by Crippen LogP contribution is 2.17. The molecule has 0 amide bonds. The largest absolute Gasteiger partial charge is 0.311 e. The maximum absolute atomic E-state index is 4.07. The number of aromatic amines is 1. The molecule has 2 N–H and O–H groups in total. The van der Waals surface area contributed by atoms with E-state index in [4.69, 9.17) is 0 Å². The highest BCUT2D eigenvalue weighted by molar-refractivity contribution is 7.99. The Bertz CT molecular complexity index is 252. The van der Waals surface area contributed by atoms with Crippen LogP contribution in [-0.4, -0.2) is 32.5 Å². The van der Waals surface area contributed by atoms with E-state index in [-0.39, 0.29) is 5.54 Å². The van der Waals surface area contributed by atoms with Crippen LogP contribution in [-0.2, 0) is 0 Å². The Balaban J connectivity index is 2.26. The van der Waals surface area contributed by atoms with Crippen LogP contribution in [0.1, 0.15) is 27.7 Å². The Hall–Kier alpha value is -0.550. The zero-order chi connectivity index (χ0) is 10.6. The number of nitrogens with one attached hydrogen (secondary N) is 2. The zero-order valence-electron chi connectivity index (χ0n) is 9.16. The van der Waals surface area contributed by atoms with Gasteiger partial charge in [0.05, 0.1) is 0 Å². The third-order valence-corrected chi connectivity index (χ3v) is 2.61. The molecule has 80 valence electrons. The second-order valence-corrected chi connectivity index (χ2v) is 5.78. The molecule has 0 aliphatic carbocycles. The molecule has 1 aromatic heterocycles. The molecule has 14 heavy (non-hydrogen) atoms. The molecule has 0 saturated carbocycles. The molecule has 4 nitrogen and oxygen atoms in total. The quantitative estimate of drug-likeness (QED) is 0.749. The van der Waals surface area contributed by atoms with E-state index in [1.165, 1.54) is 6.33 Å². The van der Waals surface area contributed by atoms with Crippen LogP contribution in [0.4, 0.5) is 0 Å². The predicted octanol–water partition coefficient (Wildman–Crippen LogP) is 1.67. The minimum absolute atomic E-state index is 0.177. The molecule has 0 saturated heterocycles. The molecule has 0 spiro atoms. The van der Waals surface area contributed by atoms with Crippen LogP contribution < -0.4 is 5.32 Å². The van der Waals surface area contributed by atoms with Gasteiger partial charge in [-0.3, -0.25) is 5.10 Å². The predicted molar refractivity (Wildman–Crippen MR) is 59.5 cm³/mol. The molecule has 1 unspecified atom stereocenters. The number of hydrogen-bond donors (Lipinski definition) is 2. The van der Waals surface area contributed by atoms with Crippen LogP contribution in [0.5, 0.6) is 0 Å². The van der Waals surface area contributed by atoms with Crippen molar-refractivity contribution >= 4 is 11.8 Å². The van der Waals surface area contributed by atoms with Gasteiger partial charge in [-0.2, -0.15) is 5.10 Å². The summed E-state index contributed by atoms with van der Waals surface area (Å²) in [7, 11) is 0. The van der Waals surface area contributed by atoms with Gasteiger partial charge in [-0.15, -0.1) is 0 Å². The lowest BCUT2D eigenvalue weighted by Gasteiger charge is -2.22. The van der Waals surface area contributed by atoms with Crippen molar-refractivity contribution in [1.82, 2.24) is 20.5 Å².